The summed E-state index contributed by atoms with van der Waals surface area (Å²) in [5.41, 5.74) is 1.69. The van der Waals surface area contributed by atoms with Gasteiger partial charge < -0.3 is 4.90 Å². The molecule has 0 atom stereocenters. The van der Waals surface area contributed by atoms with Crippen molar-refractivity contribution in [3.8, 4) is 0 Å². The van der Waals surface area contributed by atoms with Crippen LogP contribution in [0, 0.1) is 23.0 Å². The van der Waals surface area contributed by atoms with Gasteiger partial charge in [-0.2, -0.15) is 0 Å². The molecule has 144 valence electrons. The molecule has 0 saturated carbocycles. The Morgan fingerprint density at radius 3 is 2.33 bits per heavy atom. The number of hydrogen-bond acceptors (Lipinski definition) is 5. The van der Waals surface area contributed by atoms with E-state index in [0.717, 1.165) is 43.6 Å². The molecular formula is C19H23N3O4S. The van der Waals surface area contributed by atoms with E-state index in [1.54, 1.807) is 19.1 Å². The molecule has 2 aromatic carbocycles. The van der Waals surface area contributed by atoms with Crippen LogP contribution in [0.25, 0.3) is 0 Å². The van der Waals surface area contributed by atoms with Crippen molar-refractivity contribution in [2.45, 2.75) is 31.6 Å². The molecule has 1 aliphatic rings. The van der Waals surface area contributed by atoms with Crippen molar-refractivity contribution in [1.82, 2.24) is 0 Å². The van der Waals surface area contributed by atoms with Gasteiger partial charge in [0.15, 0.2) is 0 Å². The van der Waals surface area contributed by atoms with Crippen LogP contribution in [0.15, 0.2) is 47.4 Å². The number of nitrogens with one attached hydrogen (secondary N) is 1. The maximum absolute atomic E-state index is 12.6. The highest BCUT2D eigenvalue weighted by Crippen LogP contribution is 2.26. The molecule has 1 heterocycles. The number of piperidine rings is 1. The highest BCUT2D eigenvalue weighted by molar-refractivity contribution is 7.92. The van der Waals surface area contributed by atoms with Gasteiger partial charge in [0.05, 0.1) is 9.82 Å². The Kier molecular flexibility index (Phi) is 5.36. The van der Waals surface area contributed by atoms with Crippen LogP contribution in [0.4, 0.5) is 17.1 Å². The maximum Gasteiger partial charge on any atom is 0.273 e. The zero-order valence-electron chi connectivity index (χ0n) is 15.4. The molecule has 7 nitrogen and oxygen atoms in total. The summed E-state index contributed by atoms with van der Waals surface area (Å²) in [4.78, 5) is 12.6. The highest BCUT2D eigenvalue weighted by Gasteiger charge is 2.20. The topological polar surface area (TPSA) is 92.6 Å². The van der Waals surface area contributed by atoms with E-state index in [-0.39, 0.29) is 10.6 Å². The Labute approximate surface area is 159 Å². The Balaban J connectivity index is 1.76. The number of rotatable bonds is 5. The average molecular weight is 389 g/mol. The number of nitrogens with zero attached hydrogens (tertiary/aromatic N) is 2. The van der Waals surface area contributed by atoms with Gasteiger partial charge >= 0.3 is 0 Å². The number of hydrogen-bond donors (Lipinski definition) is 1. The number of nitro groups is 1. The van der Waals surface area contributed by atoms with Crippen molar-refractivity contribution < 1.29 is 13.3 Å². The van der Waals surface area contributed by atoms with Gasteiger partial charge in [-0.05, 0) is 56.0 Å². The molecule has 27 heavy (non-hydrogen) atoms. The molecule has 1 fully saturated rings. The largest absolute Gasteiger partial charge is 0.372 e. The summed E-state index contributed by atoms with van der Waals surface area (Å²) < 4.78 is 27.6. The van der Waals surface area contributed by atoms with Crippen LogP contribution in [0.2, 0.25) is 0 Å². The third-order valence-corrected chi connectivity index (χ3v) is 6.33. The van der Waals surface area contributed by atoms with Crippen molar-refractivity contribution in [3.05, 3.63) is 58.1 Å². The molecule has 0 aromatic heterocycles. The zero-order chi connectivity index (χ0) is 19.6. The number of aryl methyl sites for hydroxylation is 1. The van der Waals surface area contributed by atoms with Crippen molar-refractivity contribution in [1.29, 1.82) is 0 Å². The Morgan fingerprint density at radius 2 is 1.74 bits per heavy atom. The molecule has 0 bridgehead atoms. The van der Waals surface area contributed by atoms with E-state index in [0.29, 0.717) is 11.3 Å². The van der Waals surface area contributed by atoms with E-state index in [1.807, 2.05) is 12.1 Å². The summed E-state index contributed by atoms with van der Waals surface area (Å²) in [7, 11) is -3.90. The second-order valence-electron chi connectivity index (χ2n) is 7.03. The fourth-order valence-corrected chi connectivity index (χ4v) is 4.25. The van der Waals surface area contributed by atoms with Crippen LogP contribution in [-0.4, -0.2) is 26.4 Å². The summed E-state index contributed by atoms with van der Waals surface area (Å²) >= 11 is 0. The fourth-order valence-electron chi connectivity index (χ4n) is 3.17. The molecule has 0 spiro atoms. The van der Waals surface area contributed by atoms with Gasteiger partial charge in [-0.3, -0.25) is 14.8 Å². The molecule has 0 aliphatic carbocycles. The Bertz CT molecular complexity index is 934. The number of sulfonamides is 1. The third-order valence-electron chi connectivity index (χ3n) is 4.96. The minimum absolute atomic E-state index is 0.131. The van der Waals surface area contributed by atoms with Crippen LogP contribution in [0.1, 0.15) is 25.3 Å². The summed E-state index contributed by atoms with van der Waals surface area (Å²) in [6, 6.07) is 11.1. The first kappa shape index (κ1) is 19.2. The molecule has 0 amide bonds. The van der Waals surface area contributed by atoms with Crippen molar-refractivity contribution in [3.63, 3.8) is 0 Å². The monoisotopic (exact) mass is 389 g/mol. The SMILES string of the molecule is Cc1ccc(S(=O)(=O)Nc2ccc(N3CCC(C)CC3)cc2)cc1[N+](=O)[O-]. The van der Waals surface area contributed by atoms with E-state index in [2.05, 4.69) is 16.5 Å². The average Bonchev–Trinajstić information content (AvgIpc) is 2.63. The normalized spacial score (nSPS) is 15.6. The van der Waals surface area contributed by atoms with Gasteiger partial charge in [-0.25, -0.2) is 8.42 Å². The van der Waals surface area contributed by atoms with Crippen LogP contribution in [0.5, 0.6) is 0 Å². The van der Waals surface area contributed by atoms with Gasteiger partial charge in [0.1, 0.15) is 0 Å². The van der Waals surface area contributed by atoms with E-state index in [9.17, 15) is 18.5 Å². The molecule has 0 radical (unpaired) electrons. The van der Waals surface area contributed by atoms with E-state index >= 15 is 0 Å². The lowest BCUT2D eigenvalue weighted by atomic mass is 9.99. The fraction of sp³-hybridized carbons (Fsp3) is 0.368. The lowest BCUT2D eigenvalue weighted by Gasteiger charge is -2.32. The smallest absolute Gasteiger partial charge is 0.273 e. The van der Waals surface area contributed by atoms with Gasteiger partial charge in [-0.1, -0.05) is 13.0 Å². The predicted octanol–water partition coefficient (Wildman–Crippen LogP) is 3.94. The van der Waals surface area contributed by atoms with Crippen LogP contribution >= 0.6 is 0 Å². The zero-order valence-corrected chi connectivity index (χ0v) is 16.2. The summed E-state index contributed by atoms with van der Waals surface area (Å²) in [6.07, 6.45) is 2.31. The maximum atomic E-state index is 12.6. The highest BCUT2D eigenvalue weighted by atomic mass is 32.2. The summed E-state index contributed by atoms with van der Waals surface area (Å²) in [5, 5.41) is 11.1. The predicted molar refractivity (Wildman–Crippen MR) is 106 cm³/mol. The van der Waals surface area contributed by atoms with Crippen LogP contribution < -0.4 is 9.62 Å². The van der Waals surface area contributed by atoms with Crippen molar-refractivity contribution >= 4 is 27.1 Å². The van der Waals surface area contributed by atoms with Crippen molar-refractivity contribution in [2.75, 3.05) is 22.7 Å². The molecule has 1 saturated heterocycles. The number of benzene rings is 2. The molecule has 2 aromatic rings. The van der Waals surface area contributed by atoms with E-state index in [1.165, 1.54) is 12.1 Å². The molecule has 8 heteroatoms. The first-order valence-electron chi connectivity index (χ1n) is 8.89. The number of nitro benzene ring substituents is 1. The lowest BCUT2D eigenvalue weighted by Crippen LogP contribution is -2.32. The van der Waals surface area contributed by atoms with E-state index < -0.39 is 14.9 Å². The molecule has 3 rings (SSSR count). The molecule has 1 aliphatic heterocycles. The van der Waals surface area contributed by atoms with Gasteiger partial charge in [-0.15, -0.1) is 0 Å². The Hall–Kier alpha value is -2.61. The molecule has 1 N–H and O–H groups in total. The summed E-state index contributed by atoms with van der Waals surface area (Å²) in [6.45, 7) is 5.82. The van der Waals surface area contributed by atoms with Gasteiger partial charge in [0.2, 0.25) is 0 Å². The lowest BCUT2D eigenvalue weighted by molar-refractivity contribution is -0.385. The second-order valence-corrected chi connectivity index (χ2v) is 8.71. The Morgan fingerprint density at radius 1 is 1.11 bits per heavy atom. The molecule has 0 unspecified atom stereocenters. The number of anilines is 2. The molecular weight excluding hydrogens is 366 g/mol. The van der Waals surface area contributed by atoms with Crippen LogP contribution in [0.3, 0.4) is 0 Å². The minimum atomic E-state index is -3.90. The minimum Gasteiger partial charge on any atom is -0.372 e. The van der Waals surface area contributed by atoms with E-state index in [4.69, 9.17) is 0 Å². The van der Waals surface area contributed by atoms with Gasteiger partial charge in [0, 0.05) is 36.1 Å². The third kappa shape index (κ3) is 4.39. The second kappa shape index (κ2) is 7.56. The van der Waals surface area contributed by atoms with Crippen molar-refractivity contribution in [2.24, 2.45) is 5.92 Å². The quantitative estimate of drug-likeness (QED) is 0.618. The first-order chi connectivity index (χ1) is 12.8. The van der Waals surface area contributed by atoms with Crippen LogP contribution in [-0.2, 0) is 10.0 Å². The first-order valence-corrected chi connectivity index (χ1v) is 10.4. The standard InChI is InChI=1S/C19H23N3O4S/c1-14-9-11-21(12-10-14)17-6-4-16(5-7-17)20-27(25,26)18-8-3-15(2)19(13-18)22(23)24/h3-8,13-14,20H,9-12H2,1-2H3. The van der Waals surface area contributed by atoms with Gasteiger partial charge in [0.25, 0.3) is 15.7 Å². The summed E-state index contributed by atoms with van der Waals surface area (Å²) in [5.74, 6) is 0.742.